The minimum atomic E-state index is -0.631. The van der Waals surface area contributed by atoms with Crippen molar-refractivity contribution in [2.24, 2.45) is 0 Å². The maximum atomic E-state index is 11.6. The average molecular weight is 359 g/mol. The number of nitrogens with zero attached hydrogens (tertiary/aromatic N) is 1. The molecule has 0 radical (unpaired) electrons. The molecule has 0 unspecified atom stereocenters. The fraction of sp³-hybridized carbons (Fsp3) is 0.385. The molecule has 0 bridgehead atoms. The van der Waals surface area contributed by atoms with Crippen LogP contribution in [-0.4, -0.2) is 43.1 Å². The molecule has 0 aliphatic heterocycles. The summed E-state index contributed by atoms with van der Waals surface area (Å²) in [5.41, 5.74) is 0.253. The molecule has 1 N–H and O–H groups in total. The van der Waals surface area contributed by atoms with Crippen molar-refractivity contribution in [3.8, 4) is 0 Å². The Morgan fingerprint density at radius 3 is 2.76 bits per heavy atom. The third kappa shape index (κ3) is 6.84. The van der Waals surface area contributed by atoms with Gasteiger partial charge in [-0.15, -0.1) is 0 Å². The molecule has 21 heavy (non-hydrogen) atoms. The van der Waals surface area contributed by atoms with E-state index in [1.807, 2.05) is 0 Å². The lowest BCUT2D eigenvalue weighted by molar-refractivity contribution is -0.140. The van der Waals surface area contributed by atoms with Gasteiger partial charge in [0, 0.05) is 29.8 Å². The number of amides is 1. The predicted molar refractivity (Wildman–Crippen MR) is 76.5 cm³/mol. The lowest BCUT2D eigenvalue weighted by atomic mass is 10.3. The number of esters is 2. The Bertz CT molecular complexity index is 521. The number of rotatable bonds is 7. The zero-order valence-corrected chi connectivity index (χ0v) is 13.0. The van der Waals surface area contributed by atoms with Gasteiger partial charge in [0.05, 0.1) is 12.7 Å². The van der Waals surface area contributed by atoms with Crippen molar-refractivity contribution in [3.63, 3.8) is 0 Å². The van der Waals surface area contributed by atoms with Crippen molar-refractivity contribution >= 4 is 33.8 Å². The summed E-state index contributed by atoms with van der Waals surface area (Å²) in [7, 11) is 1.30. The Hall–Kier alpha value is -1.96. The zero-order chi connectivity index (χ0) is 15.7. The van der Waals surface area contributed by atoms with Crippen molar-refractivity contribution in [1.82, 2.24) is 10.3 Å². The molecule has 0 atom stereocenters. The van der Waals surface area contributed by atoms with Crippen molar-refractivity contribution in [2.75, 3.05) is 20.3 Å². The first-order chi connectivity index (χ1) is 10.0. The van der Waals surface area contributed by atoms with Crippen LogP contribution in [0.1, 0.15) is 23.2 Å². The number of hydrogen-bond donors (Lipinski definition) is 1. The third-order valence-corrected chi connectivity index (χ3v) is 2.82. The summed E-state index contributed by atoms with van der Waals surface area (Å²) < 4.78 is 9.95. The molecular weight excluding hydrogens is 344 g/mol. The first-order valence-corrected chi connectivity index (χ1v) is 6.93. The maximum Gasteiger partial charge on any atom is 0.340 e. The number of carbonyl (C=O) groups is 3. The van der Waals surface area contributed by atoms with Gasteiger partial charge in [0.25, 0.3) is 5.91 Å². The zero-order valence-electron chi connectivity index (χ0n) is 11.4. The van der Waals surface area contributed by atoms with Gasteiger partial charge in [-0.3, -0.25) is 14.6 Å². The molecule has 0 fully saturated rings. The summed E-state index contributed by atoms with van der Waals surface area (Å²) in [6.45, 7) is -0.0759. The molecule has 8 heteroatoms. The molecule has 7 nitrogen and oxygen atoms in total. The molecule has 1 amide bonds. The van der Waals surface area contributed by atoms with E-state index in [4.69, 9.17) is 4.74 Å². The van der Waals surface area contributed by atoms with Crippen LogP contribution in [0, 0.1) is 0 Å². The average Bonchev–Trinajstić information content (AvgIpc) is 2.48. The third-order valence-electron chi connectivity index (χ3n) is 2.38. The molecule has 1 rings (SSSR count). The summed E-state index contributed by atoms with van der Waals surface area (Å²) in [5, 5.41) is 2.53. The number of pyridine rings is 1. The second-order valence-corrected chi connectivity index (χ2v) is 4.91. The maximum absolute atomic E-state index is 11.6. The van der Waals surface area contributed by atoms with Gasteiger partial charge in [0.2, 0.25) is 0 Å². The van der Waals surface area contributed by atoms with E-state index in [1.165, 1.54) is 19.5 Å². The van der Waals surface area contributed by atoms with Gasteiger partial charge in [0.15, 0.2) is 6.61 Å². The minimum Gasteiger partial charge on any atom is -0.469 e. The Morgan fingerprint density at radius 2 is 2.10 bits per heavy atom. The van der Waals surface area contributed by atoms with E-state index >= 15 is 0 Å². The van der Waals surface area contributed by atoms with Gasteiger partial charge in [-0.25, -0.2) is 4.79 Å². The van der Waals surface area contributed by atoms with Crippen LogP contribution in [0.5, 0.6) is 0 Å². The molecule has 1 heterocycles. The van der Waals surface area contributed by atoms with Crippen LogP contribution in [0.4, 0.5) is 0 Å². The Balaban J connectivity index is 2.24. The van der Waals surface area contributed by atoms with Crippen molar-refractivity contribution in [2.45, 2.75) is 12.8 Å². The first-order valence-electron chi connectivity index (χ1n) is 6.14. The number of ether oxygens (including phenoxy) is 2. The molecule has 1 aromatic rings. The standard InChI is InChI=1S/C13H15BrN2O5/c1-20-12(18)3-2-4-16-11(17)8-21-13(19)9-5-10(14)7-15-6-9/h5-7H,2-4,8H2,1H3,(H,16,17). The second-order valence-electron chi connectivity index (χ2n) is 4.00. The van der Waals surface area contributed by atoms with Crippen molar-refractivity contribution in [3.05, 3.63) is 28.5 Å². The van der Waals surface area contributed by atoms with Crippen LogP contribution in [0.3, 0.4) is 0 Å². The van der Waals surface area contributed by atoms with Crippen LogP contribution in [0.25, 0.3) is 0 Å². The number of hydrogen-bond acceptors (Lipinski definition) is 6. The molecule has 1 aromatic heterocycles. The monoisotopic (exact) mass is 358 g/mol. The van der Waals surface area contributed by atoms with E-state index in [0.29, 0.717) is 17.4 Å². The highest BCUT2D eigenvalue weighted by Crippen LogP contribution is 2.10. The van der Waals surface area contributed by atoms with E-state index in [0.717, 1.165) is 0 Å². The van der Waals surface area contributed by atoms with E-state index in [-0.39, 0.29) is 24.6 Å². The van der Waals surface area contributed by atoms with Crippen molar-refractivity contribution < 1.29 is 23.9 Å². The van der Waals surface area contributed by atoms with E-state index in [2.05, 4.69) is 31.0 Å². The van der Waals surface area contributed by atoms with Gasteiger partial charge in [0.1, 0.15) is 0 Å². The van der Waals surface area contributed by atoms with Gasteiger partial charge in [-0.05, 0) is 28.4 Å². The molecule has 0 spiro atoms. The van der Waals surface area contributed by atoms with Crippen molar-refractivity contribution in [1.29, 1.82) is 0 Å². The highest BCUT2D eigenvalue weighted by molar-refractivity contribution is 9.10. The Morgan fingerprint density at radius 1 is 1.33 bits per heavy atom. The predicted octanol–water partition coefficient (Wildman–Crippen LogP) is 1.07. The SMILES string of the molecule is COC(=O)CCCNC(=O)COC(=O)c1cncc(Br)c1. The van der Waals surface area contributed by atoms with Gasteiger partial charge < -0.3 is 14.8 Å². The molecule has 114 valence electrons. The van der Waals surface area contributed by atoms with Crippen LogP contribution < -0.4 is 5.32 Å². The Labute approximate surface area is 130 Å². The van der Waals surface area contributed by atoms with Crippen LogP contribution in [0.15, 0.2) is 22.9 Å². The van der Waals surface area contributed by atoms with Gasteiger partial charge >= 0.3 is 11.9 Å². The number of aromatic nitrogens is 1. The van der Waals surface area contributed by atoms with Gasteiger partial charge in [-0.2, -0.15) is 0 Å². The minimum absolute atomic E-state index is 0.222. The number of methoxy groups -OCH3 is 1. The first kappa shape index (κ1) is 17.1. The smallest absolute Gasteiger partial charge is 0.340 e. The van der Waals surface area contributed by atoms with Gasteiger partial charge in [-0.1, -0.05) is 0 Å². The summed E-state index contributed by atoms with van der Waals surface area (Å²) >= 11 is 3.18. The van der Waals surface area contributed by atoms with Crippen LogP contribution in [0.2, 0.25) is 0 Å². The lowest BCUT2D eigenvalue weighted by Gasteiger charge is -2.06. The molecule has 0 aliphatic carbocycles. The molecule has 0 aromatic carbocycles. The van der Waals surface area contributed by atoms with E-state index < -0.39 is 11.9 Å². The fourth-order valence-corrected chi connectivity index (χ4v) is 1.72. The normalized spacial score (nSPS) is 9.81. The summed E-state index contributed by atoms with van der Waals surface area (Å²) in [6.07, 6.45) is 3.56. The van der Waals surface area contributed by atoms with E-state index in [9.17, 15) is 14.4 Å². The number of carbonyl (C=O) groups excluding carboxylic acids is 3. The van der Waals surface area contributed by atoms with Crippen LogP contribution >= 0.6 is 15.9 Å². The Kier molecular flexibility index (Phi) is 7.38. The quantitative estimate of drug-likeness (QED) is 0.578. The number of halogens is 1. The largest absolute Gasteiger partial charge is 0.469 e. The summed E-state index contributed by atoms with van der Waals surface area (Å²) in [5.74, 6) is -1.40. The summed E-state index contributed by atoms with van der Waals surface area (Å²) in [4.78, 5) is 37.7. The van der Waals surface area contributed by atoms with E-state index in [1.54, 1.807) is 6.07 Å². The molecular formula is C13H15BrN2O5. The second kappa shape index (κ2) is 9.06. The number of nitrogens with one attached hydrogen (secondary N) is 1. The topological polar surface area (TPSA) is 94.6 Å². The highest BCUT2D eigenvalue weighted by atomic mass is 79.9. The lowest BCUT2D eigenvalue weighted by Crippen LogP contribution is -2.30. The molecule has 0 saturated carbocycles. The molecule has 0 saturated heterocycles. The van der Waals surface area contributed by atoms with Crippen LogP contribution in [-0.2, 0) is 19.1 Å². The highest BCUT2D eigenvalue weighted by Gasteiger charge is 2.10. The fourth-order valence-electron chi connectivity index (χ4n) is 1.35. The molecule has 0 aliphatic rings. The summed E-state index contributed by atoms with van der Waals surface area (Å²) in [6, 6.07) is 1.55.